The third kappa shape index (κ3) is 10.1. The molecule has 0 aromatic heterocycles. The first-order valence-electron chi connectivity index (χ1n) is 9.09. The fourth-order valence-electron chi connectivity index (χ4n) is 2.97. The number of hydrogen-bond donors (Lipinski definition) is 0. The molecule has 27 heavy (non-hydrogen) atoms. The SMILES string of the molecule is C=C(C[C@H](C)C[C@@H]1CC=C[C@@H](CC#CC(=O)OC)O1)C[C@@H](C=O)OCOC. The standard InChI is InChI=1S/C21H30O6/c1-16(11-17(2)13-20(14-22)26-15-24-3)12-19-9-5-7-18(27-19)8-6-10-21(23)25-4/h5,7,14,16,18-20H,2,8-9,11-13,15H2,1,3-4H3/t16-,18-,19-,20-/m0/s1. The van der Waals surface area contributed by atoms with Crippen molar-refractivity contribution < 1.29 is 28.5 Å². The minimum atomic E-state index is -0.540. The van der Waals surface area contributed by atoms with Crippen molar-refractivity contribution in [1.29, 1.82) is 0 Å². The summed E-state index contributed by atoms with van der Waals surface area (Å²) in [5, 5.41) is 0. The molecule has 0 N–H and O–H groups in total. The van der Waals surface area contributed by atoms with Gasteiger partial charge in [-0.3, -0.25) is 0 Å². The van der Waals surface area contributed by atoms with Crippen LogP contribution in [0.25, 0.3) is 0 Å². The molecule has 0 fully saturated rings. The van der Waals surface area contributed by atoms with Gasteiger partial charge in [0.1, 0.15) is 19.2 Å². The lowest BCUT2D eigenvalue weighted by molar-refractivity contribution is -0.133. The fourth-order valence-corrected chi connectivity index (χ4v) is 2.97. The van der Waals surface area contributed by atoms with E-state index in [0.29, 0.717) is 18.8 Å². The van der Waals surface area contributed by atoms with E-state index in [1.807, 2.05) is 6.08 Å². The molecule has 1 rings (SSSR count). The van der Waals surface area contributed by atoms with Gasteiger partial charge in [-0.15, -0.1) is 0 Å². The Morgan fingerprint density at radius 1 is 1.41 bits per heavy atom. The van der Waals surface area contributed by atoms with Crippen LogP contribution in [0.5, 0.6) is 0 Å². The van der Waals surface area contributed by atoms with E-state index in [2.05, 4.69) is 36.2 Å². The zero-order chi connectivity index (χ0) is 20.1. The van der Waals surface area contributed by atoms with Crippen molar-refractivity contribution in [3.8, 4) is 11.8 Å². The number of carbonyl (C=O) groups is 2. The molecule has 0 aliphatic carbocycles. The van der Waals surface area contributed by atoms with Crippen LogP contribution in [0.1, 0.15) is 39.0 Å². The summed E-state index contributed by atoms with van der Waals surface area (Å²) < 4.78 is 20.6. The maximum Gasteiger partial charge on any atom is 0.384 e. The molecular formula is C21H30O6. The van der Waals surface area contributed by atoms with Gasteiger partial charge in [0, 0.05) is 25.9 Å². The Morgan fingerprint density at radius 3 is 2.85 bits per heavy atom. The van der Waals surface area contributed by atoms with Crippen LogP contribution < -0.4 is 0 Å². The predicted octanol–water partition coefficient (Wildman–Crippen LogP) is 2.82. The lowest BCUT2D eigenvalue weighted by atomic mass is 9.92. The molecule has 0 aromatic rings. The normalized spacial score (nSPS) is 20.9. The summed E-state index contributed by atoms with van der Waals surface area (Å²) >= 11 is 0. The first-order valence-corrected chi connectivity index (χ1v) is 9.09. The van der Waals surface area contributed by atoms with Crippen LogP contribution in [0.2, 0.25) is 0 Å². The van der Waals surface area contributed by atoms with Crippen LogP contribution in [0.15, 0.2) is 24.3 Å². The molecule has 0 amide bonds. The minimum Gasteiger partial charge on any atom is -0.459 e. The lowest BCUT2D eigenvalue weighted by Crippen LogP contribution is -2.26. The van der Waals surface area contributed by atoms with Crippen LogP contribution in [0.3, 0.4) is 0 Å². The molecule has 1 aliphatic heterocycles. The van der Waals surface area contributed by atoms with Crippen LogP contribution in [-0.2, 0) is 28.5 Å². The third-order valence-corrected chi connectivity index (χ3v) is 4.14. The average Bonchev–Trinajstić information content (AvgIpc) is 2.65. The molecule has 4 atom stereocenters. The Labute approximate surface area is 161 Å². The molecule has 0 bridgehead atoms. The van der Waals surface area contributed by atoms with E-state index in [9.17, 15) is 9.59 Å². The van der Waals surface area contributed by atoms with Gasteiger partial charge in [-0.1, -0.05) is 37.1 Å². The molecule has 150 valence electrons. The predicted molar refractivity (Wildman–Crippen MR) is 102 cm³/mol. The molecular weight excluding hydrogens is 348 g/mol. The highest BCUT2D eigenvalue weighted by molar-refractivity contribution is 5.88. The molecule has 0 saturated carbocycles. The first kappa shape index (κ1) is 23.1. The van der Waals surface area contributed by atoms with E-state index < -0.39 is 12.1 Å². The summed E-state index contributed by atoms with van der Waals surface area (Å²) in [7, 11) is 2.83. The van der Waals surface area contributed by atoms with Gasteiger partial charge in [0.05, 0.1) is 19.3 Å². The second kappa shape index (κ2) is 13.3. The Hall–Kier alpha value is -1.94. The Balaban J connectivity index is 2.38. The summed E-state index contributed by atoms with van der Waals surface area (Å²) in [5.41, 5.74) is 0.975. The van der Waals surface area contributed by atoms with Gasteiger partial charge < -0.3 is 23.7 Å². The zero-order valence-electron chi connectivity index (χ0n) is 16.4. The molecule has 1 aliphatic rings. The molecule has 0 aromatic carbocycles. The van der Waals surface area contributed by atoms with Gasteiger partial charge in [0.15, 0.2) is 0 Å². The molecule has 6 heteroatoms. The Kier molecular flexibility index (Phi) is 11.3. The highest BCUT2D eigenvalue weighted by Gasteiger charge is 2.21. The maximum absolute atomic E-state index is 11.0. The fraction of sp³-hybridized carbons (Fsp3) is 0.619. The first-order chi connectivity index (χ1) is 13.0. The molecule has 0 spiro atoms. The van der Waals surface area contributed by atoms with E-state index >= 15 is 0 Å². The molecule has 1 heterocycles. The number of methoxy groups -OCH3 is 2. The lowest BCUT2D eigenvalue weighted by Gasteiger charge is -2.27. The topological polar surface area (TPSA) is 71.1 Å². The number of rotatable bonds is 11. The Morgan fingerprint density at radius 2 is 2.19 bits per heavy atom. The van der Waals surface area contributed by atoms with Crippen molar-refractivity contribution in [3.05, 3.63) is 24.3 Å². The van der Waals surface area contributed by atoms with E-state index in [0.717, 1.165) is 31.1 Å². The molecule has 0 saturated heterocycles. The van der Waals surface area contributed by atoms with Gasteiger partial charge in [-0.05, 0) is 25.2 Å². The number of hydrogen-bond acceptors (Lipinski definition) is 6. The zero-order valence-corrected chi connectivity index (χ0v) is 16.4. The summed E-state index contributed by atoms with van der Waals surface area (Å²) in [5.74, 6) is 5.02. The third-order valence-electron chi connectivity index (χ3n) is 4.14. The van der Waals surface area contributed by atoms with Crippen LogP contribution >= 0.6 is 0 Å². The quantitative estimate of drug-likeness (QED) is 0.137. The summed E-state index contributed by atoms with van der Waals surface area (Å²) in [4.78, 5) is 22.1. The minimum absolute atomic E-state index is 0.0920. The monoisotopic (exact) mass is 378 g/mol. The highest BCUT2D eigenvalue weighted by atomic mass is 16.7. The van der Waals surface area contributed by atoms with Crippen molar-refractivity contribution in [1.82, 2.24) is 0 Å². The van der Waals surface area contributed by atoms with E-state index in [-0.39, 0.29) is 19.0 Å². The highest BCUT2D eigenvalue weighted by Crippen LogP contribution is 2.25. The van der Waals surface area contributed by atoms with Gasteiger partial charge in [0.2, 0.25) is 0 Å². The Bertz CT molecular complexity index is 571. The van der Waals surface area contributed by atoms with Gasteiger partial charge >= 0.3 is 5.97 Å². The van der Waals surface area contributed by atoms with E-state index in [1.54, 1.807) is 0 Å². The van der Waals surface area contributed by atoms with E-state index in [4.69, 9.17) is 14.2 Å². The second-order valence-electron chi connectivity index (χ2n) is 6.70. The van der Waals surface area contributed by atoms with Crippen molar-refractivity contribution in [2.45, 2.75) is 57.3 Å². The van der Waals surface area contributed by atoms with Crippen LogP contribution in [0.4, 0.5) is 0 Å². The van der Waals surface area contributed by atoms with E-state index in [1.165, 1.54) is 14.2 Å². The van der Waals surface area contributed by atoms with Crippen LogP contribution in [0, 0.1) is 17.8 Å². The van der Waals surface area contributed by atoms with Crippen molar-refractivity contribution in [2.75, 3.05) is 21.0 Å². The molecule has 0 unspecified atom stereocenters. The van der Waals surface area contributed by atoms with Crippen molar-refractivity contribution >= 4 is 12.3 Å². The average molecular weight is 378 g/mol. The summed E-state index contributed by atoms with van der Waals surface area (Å²) in [6.07, 6.45) is 7.83. The molecule has 0 radical (unpaired) electrons. The number of aldehydes is 1. The largest absolute Gasteiger partial charge is 0.459 e. The number of carbonyl (C=O) groups excluding carboxylic acids is 2. The summed E-state index contributed by atoms with van der Waals surface area (Å²) in [6, 6.07) is 0. The number of ether oxygens (including phenoxy) is 4. The summed E-state index contributed by atoms with van der Waals surface area (Å²) in [6.45, 7) is 6.30. The van der Waals surface area contributed by atoms with Crippen LogP contribution in [-0.4, -0.2) is 51.6 Å². The van der Waals surface area contributed by atoms with Crippen molar-refractivity contribution in [2.24, 2.45) is 5.92 Å². The number of esters is 1. The van der Waals surface area contributed by atoms with Gasteiger partial charge in [-0.2, -0.15) is 0 Å². The van der Waals surface area contributed by atoms with Gasteiger partial charge in [0.25, 0.3) is 0 Å². The second-order valence-corrected chi connectivity index (χ2v) is 6.70. The van der Waals surface area contributed by atoms with Crippen molar-refractivity contribution in [3.63, 3.8) is 0 Å². The maximum atomic E-state index is 11.0. The smallest absolute Gasteiger partial charge is 0.384 e. The molecule has 6 nitrogen and oxygen atoms in total. The van der Waals surface area contributed by atoms with Gasteiger partial charge in [-0.25, -0.2) is 4.79 Å².